The number of ether oxygens (including phenoxy) is 2. The fourth-order valence-electron chi connectivity index (χ4n) is 4.15. The Bertz CT molecular complexity index is 1800. The van der Waals surface area contributed by atoms with Crippen LogP contribution >= 0.6 is 0 Å². The topological polar surface area (TPSA) is 192 Å². The predicted octanol–water partition coefficient (Wildman–Crippen LogP) is 3.77. The van der Waals surface area contributed by atoms with E-state index in [-0.39, 0.29) is 46.3 Å². The number of hydrogen-bond donors (Lipinski definition) is 4. The van der Waals surface area contributed by atoms with Crippen LogP contribution < -0.4 is 30.6 Å². The summed E-state index contributed by atoms with van der Waals surface area (Å²) >= 11 is 0. The zero-order valence-corrected chi connectivity index (χ0v) is 25.9. The molecule has 0 unspecified atom stereocenters. The number of aryl methyl sites for hydroxylation is 1. The number of nitrogens with zero attached hydrogens (tertiary/aromatic N) is 4. The largest absolute Gasteiger partial charge is 0.492 e. The molecule has 2 aromatic carbocycles. The molecular weight excluding hydrogens is 588 g/mol. The molecule has 0 aliphatic carbocycles. The average molecular weight is 623 g/mol. The number of nitrogens with one attached hydrogen (secondary N) is 3. The first-order valence-corrected chi connectivity index (χ1v) is 15.2. The van der Waals surface area contributed by atoms with Crippen molar-refractivity contribution < 1.29 is 27.5 Å². The first-order valence-electron chi connectivity index (χ1n) is 13.3. The number of methoxy groups -OCH3 is 1. The van der Waals surface area contributed by atoms with Crippen molar-refractivity contribution in [3.05, 3.63) is 77.1 Å². The van der Waals surface area contributed by atoms with Gasteiger partial charge in [-0.3, -0.25) is 14.5 Å². The average Bonchev–Trinajstić information content (AvgIpc) is 3.30. The molecule has 4 aromatic rings. The summed E-state index contributed by atoms with van der Waals surface area (Å²) in [5.74, 6) is -0.630. The number of rotatable bonds is 9. The summed E-state index contributed by atoms with van der Waals surface area (Å²) in [6.07, 6.45) is 3.48. The van der Waals surface area contributed by atoms with E-state index in [1.165, 1.54) is 11.8 Å². The van der Waals surface area contributed by atoms with Crippen LogP contribution in [0.1, 0.15) is 47.8 Å². The molecule has 0 aliphatic rings. The summed E-state index contributed by atoms with van der Waals surface area (Å²) in [4.78, 5) is 29.8. The van der Waals surface area contributed by atoms with E-state index in [0.717, 1.165) is 17.4 Å². The van der Waals surface area contributed by atoms with E-state index in [4.69, 9.17) is 15.2 Å². The van der Waals surface area contributed by atoms with Gasteiger partial charge in [0, 0.05) is 24.5 Å². The van der Waals surface area contributed by atoms with Gasteiger partial charge < -0.3 is 25.8 Å². The molecule has 0 spiro atoms. The molecule has 0 bridgehead atoms. The Morgan fingerprint density at radius 1 is 1.09 bits per heavy atom. The van der Waals surface area contributed by atoms with Crippen LogP contribution in [0, 0.1) is 6.92 Å². The summed E-state index contributed by atoms with van der Waals surface area (Å²) < 4.78 is 38.6. The number of benzene rings is 2. The zero-order valence-electron chi connectivity index (χ0n) is 25.1. The fourth-order valence-corrected chi connectivity index (χ4v) is 4.70. The second-order valence-corrected chi connectivity index (χ2v) is 12.7. The maximum atomic E-state index is 13.5. The lowest BCUT2D eigenvalue weighted by Crippen LogP contribution is -2.26. The number of nitrogen functional groups attached to an aromatic ring is 1. The van der Waals surface area contributed by atoms with E-state index in [9.17, 15) is 18.0 Å². The van der Waals surface area contributed by atoms with Crippen molar-refractivity contribution in [2.75, 3.05) is 29.1 Å². The number of aromatic nitrogens is 4. The Hall–Kier alpha value is -5.18. The lowest BCUT2D eigenvalue weighted by molar-refractivity contribution is 0.102. The van der Waals surface area contributed by atoms with Crippen molar-refractivity contribution >= 4 is 39.2 Å². The van der Waals surface area contributed by atoms with Gasteiger partial charge in [-0.1, -0.05) is 43.2 Å². The molecule has 0 atom stereocenters. The van der Waals surface area contributed by atoms with Gasteiger partial charge in [-0.2, -0.15) is 4.68 Å². The normalized spacial score (nSPS) is 11.5. The highest BCUT2D eigenvalue weighted by molar-refractivity contribution is 7.92. The molecule has 2 aromatic heterocycles. The maximum Gasteiger partial charge on any atom is 0.414 e. The minimum absolute atomic E-state index is 0.0572. The van der Waals surface area contributed by atoms with E-state index < -0.39 is 22.0 Å². The number of carbonyl (C=O) groups is 2. The number of sulfonamides is 1. The first kappa shape index (κ1) is 31.7. The molecule has 15 heteroatoms. The van der Waals surface area contributed by atoms with E-state index in [2.05, 4.69) is 30.7 Å². The van der Waals surface area contributed by atoms with Gasteiger partial charge in [-0.25, -0.2) is 13.2 Å². The molecule has 5 N–H and O–H groups in total. The Labute approximate surface area is 255 Å². The van der Waals surface area contributed by atoms with Crippen molar-refractivity contribution in [1.82, 2.24) is 25.3 Å². The van der Waals surface area contributed by atoms with Gasteiger partial charge in [-0.05, 0) is 59.4 Å². The van der Waals surface area contributed by atoms with Crippen LogP contribution in [0.15, 0.2) is 54.9 Å². The molecular formula is C29H34N8O6S. The standard InChI is InChI=1S/C29H34N8O6S/c1-17-9-10-19(26(38)33-21-13-20(29(2,3)4)14-22(24(21)42-5)35-44(6,40)41)12-23(17)37-25(30)27(34-36-37)43-28(39)32-16-18-8-7-11-31-15-18/h7-15,35H,16,30H2,1-6H3,(H,32,39)(H,33,38). The third-order valence-corrected chi connectivity index (χ3v) is 7.01. The van der Waals surface area contributed by atoms with Crippen LogP contribution in [-0.2, 0) is 22.0 Å². The summed E-state index contributed by atoms with van der Waals surface area (Å²) in [6.45, 7) is 7.86. The van der Waals surface area contributed by atoms with E-state index >= 15 is 0 Å². The van der Waals surface area contributed by atoms with Gasteiger partial charge in [0.1, 0.15) is 0 Å². The first-order chi connectivity index (χ1) is 20.7. The maximum absolute atomic E-state index is 13.5. The minimum Gasteiger partial charge on any atom is -0.492 e. The van der Waals surface area contributed by atoms with Crippen molar-refractivity contribution in [2.45, 2.75) is 39.7 Å². The monoisotopic (exact) mass is 622 g/mol. The lowest BCUT2D eigenvalue weighted by Gasteiger charge is -2.24. The van der Waals surface area contributed by atoms with Gasteiger partial charge in [0.2, 0.25) is 10.0 Å². The quantitative estimate of drug-likeness (QED) is 0.214. The zero-order chi connectivity index (χ0) is 32.2. The molecule has 2 amide bonds. The van der Waals surface area contributed by atoms with Crippen LogP contribution in [0.25, 0.3) is 5.69 Å². The Kier molecular flexibility index (Phi) is 9.08. The number of nitrogens with two attached hydrogens (primary N) is 1. The Morgan fingerprint density at radius 3 is 2.45 bits per heavy atom. The van der Waals surface area contributed by atoms with Gasteiger partial charge in [0.05, 0.1) is 30.4 Å². The van der Waals surface area contributed by atoms with E-state index in [0.29, 0.717) is 11.3 Å². The molecule has 44 heavy (non-hydrogen) atoms. The van der Waals surface area contributed by atoms with Crippen molar-refractivity contribution in [3.63, 3.8) is 0 Å². The van der Waals surface area contributed by atoms with Gasteiger partial charge in [-0.15, -0.1) is 0 Å². The molecule has 14 nitrogen and oxygen atoms in total. The third-order valence-electron chi connectivity index (χ3n) is 6.42. The molecule has 0 saturated carbocycles. The molecule has 2 heterocycles. The number of carbonyl (C=O) groups excluding carboxylic acids is 2. The SMILES string of the molecule is COc1c(NC(=O)c2ccc(C)c(-n3nnc(OC(=O)NCc4cccnc4)c3N)c2)cc(C(C)(C)C)cc1NS(C)(=O)=O. The molecule has 232 valence electrons. The second kappa shape index (κ2) is 12.6. The second-order valence-electron chi connectivity index (χ2n) is 11.0. The van der Waals surface area contributed by atoms with E-state index in [1.54, 1.807) is 61.8 Å². The van der Waals surface area contributed by atoms with E-state index in [1.807, 2.05) is 20.8 Å². The minimum atomic E-state index is -3.64. The summed E-state index contributed by atoms with van der Waals surface area (Å²) in [5, 5.41) is 13.3. The lowest BCUT2D eigenvalue weighted by atomic mass is 9.86. The molecule has 0 saturated heterocycles. The third kappa shape index (κ3) is 7.60. The Balaban J connectivity index is 1.59. The summed E-state index contributed by atoms with van der Waals surface area (Å²) in [5.41, 5.74) is 9.20. The number of hydrogen-bond acceptors (Lipinski definition) is 10. The van der Waals surface area contributed by atoms with Gasteiger partial charge >= 0.3 is 6.09 Å². The molecule has 0 aliphatic heterocycles. The highest BCUT2D eigenvalue weighted by Crippen LogP contribution is 2.39. The highest BCUT2D eigenvalue weighted by atomic mass is 32.2. The van der Waals surface area contributed by atoms with Crippen LogP contribution in [0.4, 0.5) is 22.0 Å². The summed E-state index contributed by atoms with van der Waals surface area (Å²) in [7, 11) is -2.26. The van der Waals surface area contributed by atoms with Gasteiger partial charge in [0.15, 0.2) is 11.6 Å². The summed E-state index contributed by atoms with van der Waals surface area (Å²) in [6, 6.07) is 11.8. The van der Waals surface area contributed by atoms with Crippen molar-refractivity contribution in [1.29, 1.82) is 0 Å². The number of amides is 2. The van der Waals surface area contributed by atoms with Crippen molar-refractivity contribution in [3.8, 4) is 17.3 Å². The molecule has 0 radical (unpaired) electrons. The molecule has 0 fully saturated rings. The highest BCUT2D eigenvalue weighted by Gasteiger charge is 2.23. The van der Waals surface area contributed by atoms with Crippen LogP contribution in [-0.4, -0.2) is 53.8 Å². The van der Waals surface area contributed by atoms with Crippen LogP contribution in [0.3, 0.4) is 0 Å². The van der Waals surface area contributed by atoms with Crippen molar-refractivity contribution in [2.24, 2.45) is 0 Å². The number of pyridine rings is 1. The van der Waals surface area contributed by atoms with Crippen LogP contribution in [0.2, 0.25) is 0 Å². The fraction of sp³-hybridized carbons (Fsp3) is 0.276. The predicted molar refractivity (Wildman–Crippen MR) is 166 cm³/mol. The Morgan fingerprint density at radius 2 is 1.82 bits per heavy atom. The molecule has 4 rings (SSSR count). The van der Waals surface area contributed by atoms with Gasteiger partial charge in [0.25, 0.3) is 11.8 Å². The van der Waals surface area contributed by atoms with Crippen LogP contribution in [0.5, 0.6) is 11.6 Å². The smallest absolute Gasteiger partial charge is 0.414 e. The number of anilines is 3.